The molecule has 0 aliphatic carbocycles. The van der Waals surface area contributed by atoms with Crippen molar-refractivity contribution < 1.29 is 4.84 Å². The lowest BCUT2D eigenvalue weighted by atomic mass is 9.86. The summed E-state index contributed by atoms with van der Waals surface area (Å²) in [7, 11) is 0. The molecule has 0 amide bonds. The summed E-state index contributed by atoms with van der Waals surface area (Å²) in [5.41, 5.74) is 4.27. The van der Waals surface area contributed by atoms with Gasteiger partial charge in [-0.3, -0.25) is 4.84 Å². The van der Waals surface area contributed by atoms with Crippen LogP contribution in [0.3, 0.4) is 0 Å². The van der Waals surface area contributed by atoms with Crippen LogP contribution in [0, 0.1) is 5.41 Å². The van der Waals surface area contributed by atoms with Crippen LogP contribution in [-0.2, 0) is 4.84 Å². The van der Waals surface area contributed by atoms with Gasteiger partial charge in [0, 0.05) is 6.54 Å². The van der Waals surface area contributed by atoms with Crippen LogP contribution in [0.5, 0.6) is 0 Å². The zero-order valence-corrected chi connectivity index (χ0v) is 6.35. The van der Waals surface area contributed by atoms with Crippen LogP contribution in [0.1, 0.15) is 27.2 Å². The van der Waals surface area contributed by atoms with Crippen molar-refractivity contribution in [2.24, 2.45) is 5.41 Å². The van der Waals surface area contributed by atoms with Crippen molar-refractivity contribution in [3.8, 4) is 0 Å². The highest BCUT2D eigenvalue weighted by atomic mass is 16.7. The van der Waals surface area contributed by atoms with Crippen LogP contribution < -0.4 is 5.48 Å². The Bertz CT molecular complexity index is 101. The molecule has 1 unspecified atom stereocenters. The second-order valence-corrected chi connectivity index (χ2v) is 3.57. The van der Waals surface area contributed by atoms with E-state index < -0.39 is 0 Å². The van der Waals surface area contributed by atoms with Crippen molar-refractivity contribution in [2.45, 2.75) is 33.3 Å². The Morgan fingerprint density at radius 1 is 1.56 bits per heavy atom. The Kier molecular flexibility index (Phi) is 1.78. The quantitative estimate of drug-likeness (QED) is 0.483. The molecule has 0 bridgehead atoms. The van der Waals surface area contributed by atoms with Crippen molar-refractivity contribution in [3.63, 3.8) is 0 Å². The summed E-state index contributed by atoms with van der Waals surface area (Å²) in [5.74, 6) is 0. The average molecular weight is 128 g/mol. The normalized spacial score (nSPS) is 34.3. The molecule has 0 aromatic rings. The number of hydrogen-bond acceptors (Lipinski definition) is 1. The molecule has 0 aromatic heterocycles. The first-order valence-corrected chi connectivity index (χ1v) is 3.43. The van der Waals surface area contributed by atoms with Crippen LogP contribution in [0.2, 0.25) is 0 Å². The van der Waals surface area contributed by atoms with Crippen molar-refractivity contribution in [1.82, 2.24) is 5.48 Å². The third-order valence-electron chi connectivity index (χ3n) is 1.59. The van der Waals surface area contributed by atoms with Gasteiger partial charge in [-0.15, -0.1) is 0 Å². The summed E-state index contributed by atoms with van der Waals surface area (Å²) < 4.78 is 0. The van der Waals surface area contributed by atoms with Gasteiger partial charge >= 0.3 is 0 Å². The minimum Gasteiger partial charge on any atom is -0.279 e. The van der Waals surface area contributed by atoms with Crippen LogP contribution in [-0.4, -0.2) is 12.6 Å². The van der Waals surface area contributed by atoms with Crippen LogP contribution in [0.15, 0.2) is 0 Å². The van der Waals surface area contributed by atoms with E-state index in [0.29, 0.717) is 11.5 Å². The van der Waals surface area contributed by atoms with Gasteiger partial charge < -0.3 is 0 Å². The standard InChI is InChI=1S/C7H14NO/c1-6-4-7(2,3)5-8-9-6/h6H,4-5H2,1-3H3. The van der Waals surface area contributed by atoms with Crippen molar-refractivity contribution in [2.75, 3.05) is 6.54 Å². The van der Waals surface area contributed by atoms with E-state index >= 15 is 0 Å². The Morgan fingerprint density at radius 2 is 2.22 bits per heavy atom. The fourth-order valence-corrected chi connectivity index (χ4v) is 1.22. The van der Waals surface area contributed by atoms with E-state index in [1.54, 1.807) is 0 Å². The highest BCUT2D eigenvalue weighted by Gasteiger charge is 2.26. The summed E-state index contributed by atoms with van der Waals surface area (Å²) >= 11 is 0. The van der Waals surface area contributed by atoms with E-state index in [1.165, 1.54) is 0 Å². The van der Waals surface area contributed by atoms with Gasteiger partial charge in [0.15, 0.2) is 0 Å². The van der Waals surface area contributed by atoms with Gasteiger partial charge in [-0.05, 0) is 18.8 Å². The van der Waals surface area contributed by atoms with Crippen molar-refractivity contribution >= 4 is 0 Å². The van der Waals surface area contributed by atoms with Gasteiger partial charge in [-0.2, -0.15) is 0 Å². The van der Waals surface area contributed by atoms with Crippen LogP contribution in [0.25, 0.3) is 0 Å². The Morgan fingerprint density at radius 3 is 2.56 bits per heavy atom. The first-order chi connectivity index (χ1) is 4.10. The summed E-state index contributed by atoms with van der Waals surface area (Å²) in [6.45, 7) is 7.34. The van der Waals surface area contributed by atoms with Gasteiger partial charge in [0.2, 0.25) is 0 Å². The third kappa shape index (κ3) is 1.95. The molecule has 1 rings (SSSR count). The third-order valence-corrected chi connectivity index (χ3v) is 1.59. The lowest BCUT2D eigenvalue weighted by molar-refractivity contribution is -0.0926. The molecule has 1 radical (unpaired) electrons. The molecule has 2 nitrogen and oxygen atoms in total. The first-order valence-electron chi connectivity index (χ1n) is 3.43. The molecule has 0 spiro atoms. The maximum Gasteiger partial charge on any atom is 0.0788 e. The van der Waals surface area contributed by atoms with Crippen LogP contribution in [0.4, 0.5) is 0 Å². The fraction of sp³-hybridized carbons (Fsp3) is 1.00. The van der Waals surface area contributed by atoms with E-state index in [0.717, 1.165) is 13.0 Å². The maximum atomic E-state index is 5.04. The van der Waals surface area contributed by atoms with Gasteiger partial charge in [0.1, 0.15) is 0 Å². The lowest BCUT2D eigenvalue weighted by Gasteiger charge is -2.31. The zero-order valence-electron chi connectivity index (χ0n) is 6.35. The molecule has 1 aliphatic rings. The van der Waals surface area contributed by atoms with E-state index in [4.69, 9.17) is 4.84 Å². The first kappa shape index (κ1) is 7.03. The fourth-order valence-electron chi connectivity index (χ4n) is 1.22. The average Bonchev–Trinajstić information content (AvgIpc) is 1.60. The molecule has 2 heteroatoms. The SMILES string of the molecule is CC1CC(C)(C)C[N]O1. The molecule has 0 aromatic carbocycles. The van der Waals surface area contributed by atoms with Crippen molar-refractivity contribution in [1.29, 1.82) is 0 Å². The molecule has 0 saturated carbocycles. The molecule has 9 heavy (non-hydrogen) atoms. The van der Waals surface area contributed by atoms with E-state index in [9.17, 15) is 0 Å². The molecule has 0 N–H and O–H groups in total. The highest BCUT2D eigenvalue weighted by molar-refractivity contribution is 4.75. The second-order valence-electron chi connectivity index (χ2n) is 3.57. The second kappa shape index (κ2) is 2.27. The predicted molar refractivity (Wildman–Crippen MR) is 35.9 cm³/mol. The Labute approximate surface area is 56.5 Å². The number of rotatable bonds is 0. The molecule has 1 aliphatic heterocycles. The van der Waals surface area contributed by atoms with Crippen LogP contribution >= 0.6 is 0 Å². The molecular weight excluding hydrogens is 114 g/mol. The molecule has 1 fully saturated rings. The summed E-state index contributed by atoms with van der Waals surface area (Å²) in [6.07, 6.45) is 1.44. The summed E-state index contributed by atoms with van der Waals surface area (Å²) in [4.78, 5) is 5.04. The number of nitrogens with zero attached hydrogens (tertiary/aromatic N) is 1. The molecule has 53 valence electrons. The zero-order chi connectivity index (χ0) is 6.91. The Balaban J connectivity index is 2.41. The minimum atomic E-state index is 0.314. The Hall–Kier alpha value is -0.0800. The largest absolute Gasteiger partial charge is 0.279 e. The van der Waals surface area contributed by atoms with Crippen molar-refractivity contribution in [3.05, 3.63) is 0 Å². The maximum absolute atomic E-state index is 5.04. The lowest BCUT2D eigenvalue weighted by Crippen LogP contribution is -2.36. The number of hydroxylamine groups is 1. The van der Waals surface area contributed by atoms with Gasteiger partial charge in [0.05, 0.1) is 6.10 Å². The monoisotopic (exact) mass is 128 g/mol. The predicted octanol–water partition coefficient (Wildman–Crippen LogP) is 1.34. The molecule has 1 saturated heterocycles. The van der Waals surface area contributed by atoms with Gasteiger partial charge in [0.25, 0.3) is 0 Å². The summed E-state index contributed by atoms with van der Waals surface area (Å²) in [5, 5.41) is 0. The van der Waals surface area contributed by atoms with Gasteiger partial charge in [-0.25, -0.2) is 0 Å². The highest BCUT2D eigenvalue weighted by Crippen LogP contribution is 2.25. The molecule has 1 atom stereocenters. The van der Waals surface area contributed by atoms with E-state index in [2.05, 4.69) is 26.3 Å². The smallest absolute Gasteiger partial charge is 0.0788 e. The molecular formula is C7H14NO. The summed E-state index contributed by atoms with van der Waals surface area (Å²) in [6, 6.07) is 0. The van der Waals surface area contributed by atoms with Gasteiger partial charge in [-0.1, -0.05) is 19.3 Å². The minimum absolute atomic E-state index is 0.314. The molecule has 1 heterocycles. The topological polar surface area (TPSA) is 23.3 Å². The number of hydrogen-bond donors (Lipinski definition) is 0. The van der Waals surface area contributed by atoms with E-state index in [1.807, 2.05) is 0 Å². The van der Waals surface area contributed by atoms with E-state index in [-0.39, 0.29) is 0 Å².